The first-order valence-corrected chi connectivity index (χ1v) is 9.01. The van der Waals surface area contributed by atoms with Crippen LogP contribution in [0.5, 0.6) is 0 Å². The van der Waals surface area contributed by atoms with Crippen LogP contribution in [-0.2, 0) is 6.54 Å². The summed E-state index contributed by atoms with van der Waals surface area (Å²) in [4.78, 5) is 10.7. The van der Waals surface area contributed by atoms with Crippen LogP contribution in [0.3, 0.4) is 0 Å². The van der Waals surface area contributed by atoms with E-state index >= 15 is 0 Å². The molecule has 5 nitrogen and oxygen atoms in total. The summed E-state index contributed by atoms with van der Waals surface area (Å²) in [5.41, 5.74) is 9.70. The summed E-state index contributed by atoms with van der Waals surface area (Å²) < 4.78 is 0. The van der Waals surface area contributed by atoms with E-state index in [4.69, 9.17) is 5.73 Å². The van der Waals surface area contributed by atoms with Crippen molar-refractivity contribution < 1.29 is 0 Å². The molecule has 1 aromatic heterocycles. The third-order valence-corrected chi connectivity index (χ3v) is 4.61. The first-order chi connectivity index (χ1) is 12.2. The van der Waals surface area contributed by atoms with Crippen molar-refractivity contribution in [2.24, 2.45) is 0 Å². The van der Waals surface area contributed by atoms with Crippen LogP contribution in [-0.4, -0.2) is 23.6 Å². The van der Waals surface area contributed by atoms with Gasteiger partial charge in [0.2, 0.25) is 0 Å². The van der Waals surface area contributed by atoms with Crippen molar-refractivity contribution in [2.75, 3.05) is 29.5 Å². The van der Waals surface area contributed by atoms with Crippen LogP contribution in [0.4, 0.5) is 17.3 Å². The second kappa shape index (κ2) is 8.51. The molecule has 0 bridgehead atoms. The molecule has 25 heavy (non-hydrogen) atoms. The standard InChI is InChI=1S/C20H27N5/c1-25(14-17-10-6-3-7-11-17)20-18(21)19(23-15-24-20)22-13-12-16-8-4-2-5-9-16/h3,6-8,10-11,15H,2,4-5,9,12-14,21H2,1H3,(H,22,23,24). The molecule has 0 spiro atoms. The minimum atomic E-state index is 0.610. The Morgan fingerprint density at radius 2 is 2.00 bits per heavy atom. The molecule has 0 aliphatic heterocycles. The van der Waals surface area contributed by atoms with Crippen LogP contribution in [0, 0.1) is 0 Å². The fourth-order valence-electron chi connectivity index (χ4n) is 3.24. The first-order valence-electron chi connectivity index (χ1n) is 9.01. The van der Waals surface area contributed by atoms with Crippen molar-refractivity contribution >= 4 is 17.3 Å². The summed E-state index contributed by atoms with van der Waals surface area (Å²) in [6.45, 7) is 1.61. The highest BCUT2D eigenvalue weighted by molar-refractivity contribution is 5.74. The molecule has 0 radical (unpaired) electrons. The predicted molar refractivity (Wildman–Crippen MR) is 105 cm³/mol. The first kappa shape index (κ1) is 17.3. The Morgan fingerprint density at radius 3 is 2.76 bits per heavy atom. The van der Waals surface area contributed by atoms with E-state index in [1.54, 1.807) is 11.9 Å². The highest BCUT2D eigenvalue weighted by Crippen LogP contribution is 2.27. The lowest BCUT2D eigenvalue weighted by Crippen LogP contribution is -2.20. The molecule has 1 aromatic carbocycles. The monoisotopic (exact) mass is 337 g/mol. The number of rotatable bonds is 7. The average Bonchev–Trinajstić information content (AvgIpc) is 2.65. The van der Waals surface area contributed by atoms with Gasteiger partial charge in [-0.15, -0.1) is 0 Å². The fraction of sp³-hybridized carbons (Fsp3) is 0.400. The lowest BCUT2D eigenvalue weighted by atomic mass is 9.97. The summed E-state index contributed by atoms with van der Waals surface area (Å²) >= 11 is 0. The summed E-state index contributed by atoms with van der Waals surface area (Å²) in [5, 5.41) is 3.38. The molecule has 2 aromatic rings. The van der Waals surface area contributed by atoms with Crippen LogP contribution >= 0.6 is 0 Å². The Kier molecular flexibility index (Phi) is 5.88. The number of hydrogen-bond donors (Lipinski definition) is 2. The quantitative estimate of drug-likeness (QED) is 0.748. The fourth-order valence-corrected chi connectivity index (χ4v) is 3.24. The number of nitrogen functional groups attached to an aromatic ring is 1. The van der Waals surface area contributed by atoms with E-state index in [-0.39, 0.29) is 0 Å². The molecule has 0 amide bonds. The molecular formula is C20H27N5. The second-order valence-electron chi connectivity index (χ2n) is 6.59. The van der Waals surface area contributed by atoms with Gasteiger partial charge in [-0.1, -0.05) is 42.0 Å². The average molecular weight is 337 g/mol. The zero-order chi connectivity index (χ0) is 17.5. The number of hydrogen-bond acceptors (Lipinski definition) is 5. The molecule has 3 N–H and O–H groups in total. The Bertz CT molecular complexity index is 711. The largest absolute Gasteiger partial charge is 0.393 e. The predicted octanol–water partition coefficient (Wildman–Crippen LogP) is 4.00. The third-order valence-electron chi connectivity index (χ3n) is 4.61. The van der Waals surface area contributed by atoms with Crippen molar-refractivity contribution in [1.82, 2.24) is 9.97 Å². The number of anilines is 3. The molecule has 1 aliphatic rings. The highest BCUT2D eigenvalue weighted by atomic mass is 15.2. The van der Waals surface area contributed by atoms with Gasteiger partial charge in [0.1, 0.15) is 12.0 Å². The molecule has 5 heteroatoms. The number of allylic oxidation sites excluding steroid dienone is 1. The van der Waals surface area contributed by atoms with Gasteiger partial charge in [0, 0.05) is 20.1 Å². The van der Waals surface area contributed by atoms with Crippen LogP contribution in [0.15, 0.2) is 48.3 Å². The van der Waals surface area contributed by atoms with Crippen LogP contribution < -0.4 is 16.0 Å². The normalized spacial score (nSPS) is 14.0. The van der Waals surface area contributed by atoms with E-state index in [0.717, 1.165) is 31.1 Å². The maximum absolute atomic E-state index is 6.31. The smallest absolute Gasteiger partial charge is 0.157 e. The van der Waals surface area contributed by atoms with Gasteiger partial charge in [-0.3, -0.25) is 0 Å². The van der Waals surface area contributed by atoms with E-state index < -0.39 is 0 Å². The van der Waals surface area contributed by atoms with Crippen molar-refractivity contribution in [3.8, 4) is 0 Å². The van der Waals surface area contributed by atoms with E-state index in [2.05, 4.69) is 38.4 Å². The van der Waals surface area contributed by atoms with Crippen LogP contribution in [0.1, 0.15) is 37.7 Å². The van der Waals surface area contributed by atoms with Gasteiger partial charge >= 0.3 is 0 Å². The number of nitrogens with two attached hydrogens (primary N) is 1. The van der Waals surface area contributed by atoms with E-state index in [0.29, 0.717) is 5.69 Å². The minimum absolute atomic E-state index is 0.610. The SMILES string of the molecule is CN(Cc1ccccc1)c1ncnc(NCCC2=CCCCC2)c1N. The van der Waals surface area contributed by atoms with E-state index in [1.807, 2.05) is 25.2 Å². The van der Waals surface area contributed by atoms with Crippen molar-refractivity contribution in [2.45, 2.75) is 38.6 Å². The number of nitrogens with one attached hydrogen (secondary N) is 1. The Hall–Kier alpha value is -2.56. The molecule has 0 fully saturated rings. The van der Waals surface area contributed by atoms with Crippen molar-refractivity contribution in [3.63, 3.8) is 0 Å². The molecule has 0 unspecified atom stereocenters. The van der Waals surface area contributed by atoms with Gasteiger partial charge in [0.05, 0.1) is 0 Å². The van der Waals surface area contributed by atoms with Gasteiger partial charge in [0.25, 0.3) is 0 Å². The van der Waals surface area contributed by atoms with Crippen LogP contribution in [0.25, 0.3) is 0 Å². The Balaban J connectivity index is 1.62. The maximum Gasteiger partial charge on any atom is 0.157 e. The summed E-state index contributed by atoms with van der Waals surface area (Å²) in [5.74, 6) is 1.49. The topological polar surface area (TPSA) is 67.1 Å². The highest BCUT2D eigenvalue weighted by Gasteiger charge is 2.12. The van der Waals surface area contributed by atoms with Crippen LogP contribution in [0.2, 0.25) is 0 Å². The van der Waals surface area contributed by atoms with Crippen molar-refractivity contribution in [3.05, 3.63) is 53.9 Å². The second-order valence-corrected chi connectivity index (χ2v) is 6.59. The number of benzene rings is 1. The molecule has 132 valence electrons. The number of aromatic nitrogens is 2. The van der Waals surface area contributed by atoms with E-state index in [1.165, 1.54) is 31.2 Å². The number of nitrogens with zero attached hydrogens (tertiary/aromatic N) is 3. The summed E-state index contributed by atoms with van der Waals surface area (Å²) in [6, 6.07) is 10.3. The molecule has 0 saturated carbocycles. The van der Waals surface area contributed by atoms with Gasteiger partial charge in [-0.05, 0) is 37.7 Å². The van der Waals surface area contributed by atoms with Gasteiger partial charge in [-0.2, -0.15) is 0 Å². The molecule has 0 saturated heterocycles. The zero-order valence-corrected chi connectivity index (χ0v) is 14.9. The molecule has 1 aliphatic carbocycles. The minimum Gasteiger partial charge on any atom is -0.393 e. The summed E-state index contributed by atoms with van der Waals surface area (Å²) in [6.07, 6.45) is 10.1. The van der Waals surface area contributed by atoms with Crippen molar-refractivity contribution in [1.29, 1.82) is 0 Å². The third kappa shape index (κ3) is 4.72. The van der Waals surface area contributed by atoms with Gasteiger partial charge < -0.3 is 16.0 Å². The van der Waals surface area contributed by atoms with Gasteiger partial charge in [-0.25, -0.2) is 9.97 Å². The molecule has 1 heterocycles. The summed E-state index contributed by atoms with van der Waals surface area (Å²) in [7, 11) is 2.00. The molecule has 0 atom stereocenters. The lowest BCUT2D eigenvalue weighted by Gasteiger charge is -2.21. The zero-order valence-electron chi connectivity index (χ0n) is 14.9. The Labute approximate surface area is 150 Å². The molecule has 3 rings (SSSR count). The maximum atomic E-state index is 6.31. The molecular weight excluding hydrogens is 310 g/mol. The Morgan fingerprint density at radius 1 is 1.16 bits per heavy atom. The van der Waals surface area contributed by atoms with E-state index in [9.17, 15) is 0 Å². The van der Waals surface area contributed by atoms with Gasteiger partial charge in [0.15, 0.2) is 11.6 Å². The lowest BCUT2D eigenvalue weighted by molar-refractivity contribution is 0.679.